The normalized spacial score (nSPS) is 15.1. The maximum absolute atomic E-state index is 12.1. The van der Waals surface area contributed by atoms with Crippen LogP contribution in [0.5, 0.6) is 11.5 Å². The summed E-state index contributed by atoms with van der Waals surface area (Å²) in [5, 5.41) is 9.09. The Hall–Kier alpha value is -3.92. The molecule has 0 spiro atoms. The fourth-order valence-corrected chi connectivity index (χ4v) is 3.20. The first-order chi connectivity index (χ1) is 16.4. The zero-order valence-electron chi connectivity index (χ0n) is 19.1. The van der Waals surface area contributed by atoms with Crippen LogP contribution in [0, 0.1) is 6.92 Å². The molecule has 0 unspecified atom stereocenters. The Morgan fingerprint density at radius 3 is 2.65 bits per heavy atom. The highest BCUT2D eigenvalue weighted by Crippen LogP contribution is 2.25. The second-order valence-electron chi connectivity index (χ2n) is 7.65. The molecule has 1 saturated heterocycles. The number of nitrogens with one attached hydrogen (secondary N) is 3. The van der Waals surface area contributed by atoms with Crippen molar-refractivity contribution in [1.82, 2.24) is 10.7 Å². The molecule has 34 heavy (non-hydrogen) atoms. The summed E-state index contributed by atoms with van der Waals surface area (Å²) in [4.78, 5) is 36.0. The minimum atomic E-state index is -0.922. The van der Waals surface area contributed by atoms with Gasteiger partial charge in [-0.15, -0.1) is 0 Å². The predicted molar refractivity (Wildman–Crippen MR) is 126 cm³/mol. The Morgan fingerprint density at radius 2 is 1.94 bits per heavy atom. The van der Waals surface area contributed by atoms with Gasteiger partial charge in [0.25, 0.3) is 5.91 Å². The molecule has 1 heterocycles. The van der Waals surface area contributed by atoms with Crippen LogP contribution in [0.25, 0.3) is 0 Å². The number of ether oxygens (including phenoxy) is 3. The zero-order valence-corrected chi connectivity index (χ0v) is 19.1. The summed E-state index contributed by atoms with van der Waals surface area (Å²) >= 11 is 0. The molecule has 3 amide bonds. The number of carbonyl (C=O) groups excluding carboxylic acids is 3. The Labute approximate surface area is 197 Å². The van der Waals surface area contributed by atoms with E-state index < -0.39 is 11.8 Å². The minimum Gasteiger partial charge on any atom is -0.495 e. The number of aryl methyl sites for hydroxylation is 1. The molecular weight excluding hydrogens is 440 g/mol. The SMILES string of the molecule is COc1ccc(C)cc1NC(=O)C(=O)N/N=C\c1ccc(OCC(=O)NC[C@H]2CCCO2)cc1. The number of methoxy groups -OCH3 is 1. The van der Waals surface area contributed by atoms with Crippen molar-refractivity contribution in [3.8, 4) is 11.5 Å². The fraction of sp³-hybridized carbons (Fsp3) is 0.333. The van der Waals surface area contributed by atoms with Crippen molar-refractivity contribution >= 4 is 29.6 Å². The van der Waals surface area contributed by atoms with Gasteiger partial charge in [-0.05, 0) is 67.3 Å². The number of benzene rings is 2. The van der Waals surface area contributed by atoms with E-state index >= 15 is 0 Å². The Morgan fingerprint density at radius 1 is 1.15 bits per heavy atom. The third kappa shape index (κ3) is 7.59. The number of amides is 3. The summed E-state index contributed by atoms with van der Waals surface area (Å²) in [7, 11) is 1.47. The van der Waals surface area contributed by atoms with Gasteiger partial charge in [-0.1, -0.05) is 6.07 Å². The monoisotopic (exact) mass is 468 g/mol. The maximum Gasteiger partial charge on any atom is 0.329 e. The van der Waals surface area contributed by atoms with E-state index in [4.69, 9.17) is 14.2 Å². The fourth-order valence-electron chi connectivity index (χ4n) is 3.20. The van der Waals surface area contributed by atoms with Gasteiger partial charge in [0, 0.05) is 13.2 Å². The van der Waals surface area contributed by atoms with Crippen molar-refractivity contribution in [2.45, 2.75) is 25.9 Å². The number of nitrogens with zero attached hydrogens (tertiary/aromatic N) is 1. The first-order valence-electron chi connectivity index (χ1n) is 10.8. The summed E-state index contributed by atoms with van der Waals surface area (Å²) in [6.07, 6.45) is 3.44. The highest BCUT2D eigenvalue weighted by Gasteiger charge is 2.17. The molecule has 1 atom stereocenters. The highest BCUT2D eigenvalue weighted by atomic mass is 16.5. The Kier molecular flexibility index (Phi) is 8.98. The molecule has 0 aliphatic carbocycles. The van der Waals surface area contributed by atoms with Gasteiger partial charge < -0.3 is 24.8 Å². The standard InChI is InChI=1S/C24H28N4O6/c1-16-5-10-21(32-2)20(12-16)27-23(30)24(31)28-26-13-17-6-8-18(9-7-17)34-15-22(29)25-14-19-4-3-11-33-19/h5-10,12-13,19H,3-4,11,14-15H2,1-2H3,(H,25,29)(H,27,30)(H,28,31)/b26-13-/t19-/m1/s1. The number of rotatable bonds is 9. The smallest absolute Gasteiger partial charge is 0.329 e. The second kappa shape index (κ2) is 12.4. The summed E-state index contributed by atoms with van der Waals surface area (Å²) in [6.45, 7) is 2.99. The lowest BCUT2D eigenvalue weighted by molar-refractivity contribution is -0.136. The van der Waals surface area contributed by atoms with Crippen LogP contribution in [0.1, 0.15) is 24.0 Å². The van der Waals surface area contributed by atoms with Gasteiger partial charge in [-0.25, -0.2) is 5.43 Å². The molecule has 0 bridgehead atoms. The van der Waals surface area contributed by atoms with Crippen molar-refractivity contribution < 1.29 is 28.6 Å². The molecule has 10 heteroatoms. The van der Waals surface area contributed by atoms with Crippen molar-refractivity contribution in [1.29, 1.82) is 0 Å². The van der Waals surface area contributed by atoms with Crippen molar-refractivity contribution in [2.75, 3.05) is 32.2 Å². The van der Waals surface area contributed by atoms with Gasteiger partial charge in [0.1, 0.15) is 11.5 Å². The number of hydrazone groups is 1. The van der Waals surface area contributed by atoms with E-state index in [-0.39, 0.29) is 18.6 Å². The number of hydrogen-bond donors (Lipinski definition) is 3. The molecule has 0 radical (unpaired) electrons. The molecule has 2 aromatic carbocycles. The predicted octanol–water partition coefficient (Wildman–Crippen LogP) is 1.77. The van der Waals surface area contributed by atoms with E-state index in [0.29, 0.717) is 29.3 Å². The van der Waals surface area contributed by atoms with Crippen LogP contribution in [0.2, 0.25) is 0 Å². The molecule has 3 rings (SSSR count). The van der Waals surface area contributed by atoms with Crippen LogP contribution in [-0.2, 0) is 19.1 Å². The topological polar surface area (TPSA) is 127 Å². The molecule has 180 valence electrons. The number of hydrogen-bond acceptors (Lipinski definition) is 7. The summed E-state index contributed by atoms with van der Waals surface area (Å²) in [6, 6.07) is 12.0. The molecule has 3 N–H and O–H groups in total. The second-order valence-corrected chi connectivity index (χ2v) is 7.65. The summed E-state index contributed by atoms with van der Waals surface area (Å²) in [5.74, 6) is -1.06. The quantitative estimate of drug-likeness (QED) is 0.292. The van der Waals surface area contributed by atoms with E-state index in [1.807, 2.05) is 13.0 Å². The molecule has 0 aromatic heterocycles. The van der Waals surface area contributed by atoms with Gasteiger partial charge in [-0.3, -0.25) is 14.4 Å². The molecular formula is C24H28N4O6. The average Bonchev–Trinajstić information content (AvgIpc) is 3.36. The summed E-state index contributed by atoms with van der Waals surface area (Å²) < 4.78 is 16.1. The first-order valence-corrected chi connectivity index (χ1v) is 10.8. The first kappa shape index (κ1) is 24.7. The van der Waals surface area contributed by atoms with Crippen LogP contribution in [-0.4, -0.2) is 56.9 Å². The molecule has 10 nitrogen and oxygen atoms in total. The molecule has 2 aromatic rings. The largest absolute Gasteiger partial charge is 0.495 e. The van der Waals surface area contributed by atoms with Gasteiger partial charge in [0.05, 0.1) is 25.1 Å². The molecule has 1 fully saturated rings. The summed E-state index contributed by atoms with van der Waals surface area (Å²) in [5.41, 5.74) is 4.14. The van der Waals surface area contributed by atoms with Crippen LogP contribution in [0.4, 0.5) is 5.69 Å². The van der Waals surface area contributed by atoms with Crippen molar-refractivity contribution in [3.05, 3.63) is 53.6 Å². The maximum atomic E-state index is 12.1. The molecule has 1 aliphatic rings. The highest BCUT2D eigenvalue weighted by molar-refractivity contribution is 6.39. The number of carbonyl (C=O) groups is 3. The van der Waals surface area contributed by atoms with E-state index in [2.05, 4.69) is 21.2 Å². The van der Waals surface area contributed by atoms with Crippen molar-refractivity contribution in [3.63, 3.8) is 0 Å². The lowest BCUT2D eigenvalue weighted by atomic mass is 10.2. The van der Waals surface area contributed by atoms with Gasteiger partial charge in [0.15, 0.2) is 6.61 Å². The molecule has 0 saturated carbocycles. The van der Waals surface area contributed by atoms with Gasteiger partial charge in [0.2, 0.25) is 0 Å². The van der Waals surface area contributed by atoms with E-state index in [9.17, 15) is 14.4 Å². The van der Waals surface area contributed by atoms with Gasteiger partial charge >= 0.3 is 11.8 Å². The van der Waals surface area contributed by atoms with E-state index in [0.717, 1.165) is 25.0 Å². The minimum absolute atomic E-state index is 0.0828. The van der Waals surface area contributed by atoms with Crippen LogP contribution >= 0.6 is 0 Å². The Bertz CT molecular complexity index is 1030. The third-order valence-electron chi connectivity index (χ3n) is 4.99. The van der Waals surface area contributed by atoms with Crippen LogP contribution in [0.15, 0.2) is 47.6 Å². The third-order valence-corrected chi connectivity index (χ3v) is 4.99. The van der Waals surface area contributed by atoms with Crippen molar-refractivity contribution in [2.24, 2.45) is 5.10 Å². The average molecular weight is 469 g/mol. The van der Waals surface area contributed by atoms with Crippen LogP contribution < -0.4 is 25.5 Å². The number of anilines is 1. The van der Waals surface area contributed by atoms with E-state index in [1.165, 1.54) is 13.3 Å². The lowest BCUT2D eigenvalue weighted by Crippen LogP contribution is -2.35. The molecule has 1 aliphatic heterocycles. The zero-order chi connectivity index (χ0) is 24.3. The van der Waals surface area contributed by atoms with Gasteiger partial charge in [-0.2, -0.15) is 5.10 Å². The Balaban J connectivity index is 1.41. The van der Waals surface area contributed by atoms with E-state index in [1.54, 1.807) is 36.4 Å². The lowest BCUT2D eigenvalue weighted by Gasteiger charge is -2.11. The van der Waals surface area contributed by atoms with Crippen LogP contribution in [0.3, 0.4) is 0 Å².